The predicted octanol–water partition coefficient (Wildman–Crippen LogP) is 4.02. The summed E-state index contributed by atoms with van der Waals surface area (Å²) in [5.41, 5.74) is 3.20. The summed E-state index contributed by atoms with van der Waals surface area (Å²) in [7, 11) is 3.20. The van der Waals surface area contributed by atoms with Crippen LogP contribution < -0.4 is 14.8 Å². The summed E-state index contributed by atoms with van der Waals surface area (Å²) in [4.78, 5) is 22.3. The summed E-state index contributed by atoms with van der Waals surface area (Å²) in [6, 6.07) is 9.06. The van der Waals surface area contributed by atoms with E-state index in [-0.39, 0.29) is 11.2 Å². The molecule has 1 aromatic carbocycles. The molecular weight excluding hydrogens is 406 g/mol. The lowest BCUT2D eigenvalue weighted by molar-refractivity contribution is -0.118. The summed E-state index contributed by atoms with van der Waals surface area (Å²) in [5, 5.41) is 8.18. The molecule has 3 aromatic rings. The zero-order valence-electron chi connectivity index (χ0n) is 18.5. The molecule has 32 heavy (non-hydrogen) atoms. The van der Waals surface area contributed by atoms with E-state index >= 15 is 0 Å². The van der Waals surface area contributed by atoms with Crippen LogP contribution in [0.1, 0.15) is 38.3 Å². The first-order chi connectivity index (χ1) is 15.4. The summed E-state index contributed by atoms with van der Waals surface area (Å²) in [5.74, 6) is 2.51. The number of nitrogens with one attached hydrogen (secondary N) is 1. The number of rotatable bonds is 4. The van der Waals surface area contributed by atoms with Crippen LogP contribution in [0, 0.1) is 5.41 Å². The van der Waals surface area contributed by atoms with Crippen LogP contribution in [0.5, 0.6) is 11.5 Å². The number of methoxy groups -OCH3 is 2. The van der Waals surface area contributed by atoms with E-state index in [1.165, 1.54) is 0 Å². The number of carbonyl (C=O) groups excluding carboxylic acids is 1. The fourth-order valence-corrected chi connectivity index (χ4v) is 4.56. The number of fused-ring (bicyclic) bond motifs is 1. The second-order valence-electron chi connectivity index (χ2n) is 8.92. The topological polar surface area (TPSA) is 91.2 Å². The average molecular weight is 431 g/mol. The molecule has 8 heteroatoms. The van der Waals surface area contributed by atoms with Crippen LogP contribution in [0.4, 0.5) is 5.95 Å². The Labute approximate surface area is 186 Å². The van der Waals surface area contributed by atoms with Gasteiger partial charge in [-0.15, -0.1) is 5.10 Å². The molecule has 0 saturated heterocycles. The van der Waals surface area contributed by atoms with Crippen molar-refractivity contribution in [3.05, 3.63) is 59.6 Å². The maximum atomic E-state index is 13.4. The van der Waals surface area contributed by atoms with Crippen molar-refractivity contribution in [3.63, 3.8) is 0 Å². The van der Waals surface area contributed by atoms with Gasteiger partial charge in [0.1, 0.15) is 6.04 Å². The third kappa shape index (κ3) is 3.32. The minimum absolute atomic E-state index is 0.118. The molecule has 1 unspecified atom stereocenters. The Balaban J connectivity index is 1.69. The zero-order chi connectivity index (χ0) is 22.5. The molecule has 1 atom stereocenters. The molecule has 5 rings (SSSR count). The van der Waals surface area contributed by atoms with Gasteiger partial charge in [-0.2, -0.15) is 4.98 Å². The maximum Gasteiger partial charge on any atom is 0.226 e. The molecular formula is C24H25N5O3. The molecule has 0 fully saturated rings. The van der Waals surface area contributed by atoms with Gasteiger partial charge in [-0.3, -0.25) is 9.78 Å². The highest BCUT2D eigenvalue weighted by molar-refractivity contribution is 6.00. The number of carbonyl (C=O) groups is 1. The van der Waals surface area contributed by atoms with E-state index in [1.54, 1.807) is 31.3 Å². The van der Waals surface area contributed by atoms with Crippen molar-refractivity contribution in [3.8, 4) is 22.9 Å². The monoisotopic (exact) mass is 431 g/mol. The van der Waals surface area contributed by atoms with Gasteiger partial charge in [0, 0.05) is 35.6 Å². The summed E-state index contributed by atoms with van der Waals surface area (Å²) in [6.45, 7) is 4.23. The minimum Gasteiger partial charge on any atom is -0.493 e. The Hall–Kier alpha value is -3.68. The average Bonchev–Trinajstić information content (AvgIpc) is 3.20. The predicted molar refractivity (Wildman–Crippen MR) is 120 cm³/mol. The van der Waals surface area contributed by atoms with Gasteiger partial charge in [-0.1, -0.05) is 19.9 Å². The van der Waals surface area contributed by atoms with Gasteiger partial charge < -0.3 is 14.8 Å². The largest absolute Gasteiger partial charge is 0.493 e. The number of hydrogen-bond acceptors (Lipinski definition) is 7. The molecule has 8 nitrogen and oxygen atoms in total. The fourth-order valence-electron chi connectivity index (χ4n) is 4.56. The molecule has 0 saturated carbocycles. The van der Waals surface area contributed by atoms with Gasteiger partial charge in [0.25, 0.3) is 0 Å². The van der Waals surface area contributed by atoms with Crippen molar-refractivity contribution < 1.29 is 14.3 Å². The van der Waals surface area contributed by atoms with E-state index in [0.29, 0.717) is 29.7 Å². The number of ketones is 1. The fraction of sp³-hybridized carbons (Fsp3) is 0.333. The van der Waals surface area contributed by atoms with E-state index in [1.807, 2.05) is 30.3 Å². The van der Waals surface area contributed by atoms with Crippen molar-refractivity contribution >= 4 is 11.7 Å². The molecule has 2 aromatic heterocycles. The van der Waals surface area contributed by atoms with Crippen LogP contribution >= 0.6 is 0 Å². The van der Waals surface area contributed by atoms with Crippen LogP contribution in [-0.2, 0) is 4.79 Å². The molecule has 1 aliphatic heterocycles. The summed E-state index contributed by atoms with van der Waals surface area (Å²) >= 11 is 0. The van der Waals surface area contributed by atoms with Crippen LogP contribution in [0.3, 0.4) is 0 Å². The third-order valence-corrected chi connectivity index (χ3v) is 5.98. The first kappa shape index (κ1) is 20.2. The van der Waals surface area contributed by atoms with E-state index in [0.717, 1.165) is 28.8 Å². The molecule has 1 aliphatic carbocycles. The first-order valence-electron chi connectivity index (χ1n) is 10.5. The Kier molecular flexibility index (Phi) is 4.73. The van der Waals surface area contributed by atoms with Crippen molar-refractivity contribution in [2.45, 2.75) is 32.7 Å². The minimum atomic E-state index is -0.414. The van der Waals surface area contributed by atoms with Crippen molar-refractivity contribution in [1.82, 2.24) is 19.7 Å². The molecule has 2 aliphatic rings. The summed E-state index contributed by atoms with van der Waals surface area (Å²) in [6.07, 6.45) is 4.68. The van der Waals surface area contributed by atoms with E-state index in [4.69, 9.17) is 19.6 Å². The molecule has 0 spiro atoms. The molecule has 0 amide bonds. The Morgan fingerprint density at radius 1 is 1.12 bits per heavy atom. The SMILES string of the molecule is COc1ccc(C2C3=C(CC(C)(C)CC3=O)Nc3nc(-c4cccnc4)nn32)cc1OC. The van der Waals surface area contributed by atoms with Gasteiger partial charge in [-0.25, -0.2) is 4.68 Å². The standard InChI is InChI=1S/C24H25N5O3/c1-24(2)11-16-20(17(30)12-24)21(14-7-8-18(31-3)19(10-14)32-4)29-23(26-16)27-22(28-29)15-6-5-9-25-13-15/h5-10,13,21H,11-12H2,1-4H3,(H,26,27,28). The first-order valence-corrected chi connectivity index (χ1v) is 10.5. The quantitative estimate of drug-likeness (QED) is 0.667. The van der Waals surface area contributed by atoms with Crippen molar-refractivity contribution in [2.75, 3.05) is 19.5 Å². The number of benzene rings is 1. The zero-order valence-corrected chi connectivity index (χ0v) is 18.5. The second-order valence-corrected chi connectivity index (χ2v) is 8.92. The van der Waals surface area contributed by atoms with Crippen molar-refractivity contribution in [1.29, 1.82) is 0 Å². The van der Waals surface area contributed by atoms with Gasteiger partial charge in [0.15, 0.2) is 23.1 Å². The molecule has 0 bridgehead atoms. The number of hydrogen-bond donors (Lipinski definition) is 1. The van der Waals surface area contributed by atoms with Gasteiger partial charge >= 0.3 is 0 Å². The molecule has 164 valence electrons. The van der Waals surface area contributed by atoms with Gasteiger partial charge in [-0.05, 0) is 41.7 Å². The molecule has 0 radical (unpaired) electrons. The van der Waals surface area contributed by atoms with E-state index in [9.17, 15) is 4.79 Å². The Morgan fingerprint density at radius 2 is 1.94 bits per heavy atom. The highest BCUT2D eigenvalue weighted by atomic mass is 16.5. The Bertz CT molecular complexity index is 1230. The molecule has 3 heterocycles. The second kappa shape index (κ2) is 7.47. The summed E-state index contributed by atoms with van der Waals surface area (Å²) < 4.78 is 12.7. The van der Waals surface area contributed by atoms with Crippen LogP contribution in [0.15, 0.2) is 54.0 Å². The number of anilines is 1. The number of aromatic nitrogens is 4. The molecule has 1 N–H and O–H groups in total. The normalized spacial score (nSPS) is 19.1. The van der Waals surface area contributed by atoms with E-state index in [2.05, 4.69) is 24.1 Å². The maximum absolute atomic E-state index is 13.4. The third-order valence-electron chi connectivity index (χ3n) is 5.98. The number of Topliss-reactive ketones (excluding diaryl/α,β-unsaturated/α-hetero) is 1. The van der Waals surface area contributed by atoms with Crippen molar-refractivity contribution in [2.24, 2.45) is 5.41 Å². The van der Waals surface area contributed by atoms with E-state index < -0.39 is 6.04 Å². The number of pyridine rings is 1. The number of nitrogens with zero attached hydrogens (tertiary/aromatic N) is 4. The Morgan fingerprint density at radius 3 is 2.66 bits per heavy atom. The smallest absolute Gasteiger partial charge is 0.226 e. The van der Waals surface area contributed by atoms with Gasteiger partial charge in [0.05, 0.1) is 14.2 Å². The lowest BCUT2D eigenvalue weighted by Crippen LogP contribution is -2.36. The lowest BCUT2D eigenvalue weighted by atomic mass is 9.73. The van der Waals surface area contributed by atoms with Gasteiger partial charge in [0.2, 0.25) is 5.95 Å². The van der Waals surface area contributed by atoms with Crippen LogP contribution in [0.2, 0.25) is 0 Å². The van der Waals surface area contributed by atoms with Crippen LogP contribution in [-0.4, -0.2) is 39.8 Å². The van der Waals surface area contributed by atoms with Crippen LogP contribution in [0.25, 0.3) is 11.4 Å². The lowest BCUT2D eigenvalue weighted by Gasteiger charge is -2.38. The highest BCUT2D eigenvalue weighted by Crippen LogP contribution is 2.46. The number of allylic oxidation sites excluding steroid dienone is 2. The number of ether oxygens (including phenoxy) is 2. The highest BCUT2D eigenvalue weighted by Gasteiger charge is 2.42.